The van der Waals surface area contributed by atoms with Gasteiger partial charge < -0.3 is 30.3 Å². The van der Waals surface area contributed by atoms with Gasteiger partial charge in [0.1, 0.15) is 17.7 Å². The van der Waals surface area contributed by atoms with Crippen molar-refractivity contribution < 1.29 is 33.4 Å². The lowest BCUT2D eigenvalue weighted by Crippen LogP contribution is -2.60. The molecule has 1 heterocycles. The summed E-state index contributed by atoms with van der Waals surface area (Å²) < 4.78 is 10.3. The number of hydrogen-bond donors (Lipinski definition) is 3. The van der Waals surface area contributed by atoms with Gasteiger partial charge >= 0.3 is 6.09 Å². The summed E-state index contributed by atoms with van der Waals surface area (Å²) in [6.07, 6.45) is 1.01. The number of piperidine rings is 1. The summed E-state index contributed by atoms with van der Waals surface area (Å²) in [5, 5.41) is 8.06. The quantitative estimate of drug-likeness (QED) is 0.243. The topological polar surface area (TPSA) is 143 Å². The van der Waals surface area contributed by atoms with Gasteiger partial charge in [-0.25, -0.2) is 4.79 Å². The zero-order chi connectivity index (χ0) is 30.6. The van der Waals surface area contributed by atoms with Crippen molar-refractivity contribution in [3.8, 4) is 0 Å². The Balaban J connectivity index is 2.29. The summed E-state index contributed by atoms with van der Waals surface area (Å²) in [6.45, 7) is 17.6. The maximum absolute atomic E-state index is 14.0. The van der Waals surface area contributed by atoms with Crippen LogP contribution in [-0.2, 0) is 28.7 Å². The molecule has 228 valence electrons. The van der Waals surface area contributed by atoms with Gasteiger partial charge in [0.2, 0.25) is 17.6 Å². The number of likely N-dealkylation sites (tertiary alicyclic amines) is 1. The van der Waals surface area contributed by atoms with E-state index in [4.69, 9.17) is 9.47 Å². The van der Waals surface area contributed by atoms with Crippen molar-refractivity contribution in [2.75, 3.05) is 26.8 Å². The predicted molar refractivity (Wildman–Crippen MR) is 150 cm³/mol. The molecular weight excluding hydrogens is 516 g/mol. The summed E-state index contributed by atoms with van der Waals surface area (Å²) in [6, 6.07) is -2.78. The number of rotatable bonds is 12. The van der Waals surface area contributed by atoms with E-state index in [0.717, 1.165) is 6.42 Å². The van der Waals surface area contributed by atoms with Crippen LogP contribution in [0.3, 0.4) is 0 Å². The van der Waals surface area contributed by atoms with E-state index in [0.29, 0.717) is 19.4 Å². The molecule has 0 radical (unpaired) electrons. The van der Waals surface area contributed by atoms with Crippen molar-refractivity contribution in [3.05, 3.63) is 0 Å². The number of methoxy groups -OCH3 is 1. The molecule has 2 aliphatic rings. The highest BCUT2D eigenvalue weighted by atomic mass is 16.6. The Labute approximate surface area is 238 Å². The molecule has 1 aliphatic carbocycles. The number of fused-ring (bicyclic) bond motifs is 1. The van der Waals surface area contributed by atoms with Crippen molar-refractivity contribution in [3.63, 3.8) is 0 Å². The zero-order valence-corrected chi connectivity index (χ0v) is 25.9. The van der Waals surface area contributed by atoms with Crippen LogP contribution in [0.4, 0.5) is 4.79 Å². The minimum Gasteiger partial charge on any atom is -0.444 e. The lowest BCUT2D eigenvalue weighted by molar-refractivity contribution is -0.145. The molecule has 1 aliphatic heterocycles. The first-order chi connectivity index (χ1) is 18.4. The van der Waals surface area contributed by atoms with Crippen LogP contribution < -0.4 is 16.0 Å². The average Bonchev–Trinajstić information content (AvgIpc) is 3.15. The minimum atomic E-state index is -1.01. The molecule has 4 amide bonds. The summed E-state index contributed by atoms with van der Waals surface area (Å²) in [5.74, 6) is -2.34. The minimum absolute atomic E-state index is 0.101. The normalized spacial score (nSPS) is 22.9. The molecule has 1 saturated heterocycles. The molecule has 3 N–H and O–H groups in total. The first-order valence-electron chi connectivity index (χ1n) is 14.3. The van der Waals surface area contributed by atoms with Crippen LogP contribution in [0, 0.1) is 22.7 Å². The van der Waals surface area contributed by atoms with Crippen molar-refractivity contribution >= 4 is 29.6 Å². The largest absolute Gasteiger partial charge is 0.444 e. The Morgan fingerprint density at radius 2 is 1.65 bits per heavy atom. The molecule has 1 saturated carbocycles. The van der Waals surface area contributed by atoms with Crippen LogP contribution in [0.5, 0.6) is 0 Å². The number of nitrogens with one attached hydrogen (secondary N) is 3. The number of hydrogen-bond acceptors (Lipinski definition) is 7. The molecule has 2 rings (SSSR count). The molecule has 11 nitrogen and oxygen atoms in total. The van der Waals surface area contributed by atoms with E-state index in [1.807, 2.05) is 27.7 Å². The van der Waals surface area contributed by atoms with Crippen LogP contribution in [-0.4, -0.2) is 85.0 Å². The SMILES string of the molecule is CCCC[C@H](NC(=O)[C@@H]1[C@@H]2[C@H](CN1C(=O)[C@@H](NC(=O)OC(C)(C)C)C(C)(C)C)C2(C)C)C(=O)C(=O)NCCOC. The van der Waals surface area contributed by atoms with E-state index in [1.165, 1.54) is 12.0 Å². The number of carbonyl (C=O) groups is 5. The second kappa shape index (κ2) is 12.9. The van der Waals surface area contributed by atoms with Crippen LogP contribution >= 0.6 is 0 Å². The number of carbonyl (C=O) groups excluding carboxylic acids is 5. The van der Waals surface area contributed by atoms with Crippen LogP contribution in [0.2, 0.25) is 0 Å². The molecule has 2 fully saturated rings. The predicted octanol–water partition coefficient (Wildman–Crippen LogP) is 2.42. The van der Waals surface area contributed by atoms with Gasteiger partial charge in [-0.2, -0.15) is 0 Å². The maximum atomic E-state index is 14.0. The van der Waals surface area contributed by atoms with Gasteiger partial charge in [0.15, 0.2) is 0 Å². The smallest absolute Gasteiger partial charge is 0.408 e. The highest BCUT2D eigenvalue weighted by Crippen LogP contribution is 2.65. The fraction of sp³-hybridized carbons (Fsp3) is 0.828. The van der Waals surface area contributed by atoms with Crippen molar-refractivity contribution in [1.82, 2.24) is 20.9 Å². The second-order valence-electron chi connectivity index (χ2n) is 13.7. The van der Waals surface area contributed by atoms with E-state index in [9.17, 15) is 24.0 Å². The second-order valence-corrected chi connectivity index (χ2v) is 13.7. The van der Waals surface area contributed by atoms with E-state index in [2.05, 4.69) is 29.8 Å². The Kier molecular flexibility index (Phi) is 10.8. The lowest BCUT2D eigenvalue weighted by Gasteiger charge is -2.38. The Bertz CT molecular complexity index is 966. The number of amides is 4. The molecule has 0 unspecified atom stereocenters. The van der Waals surface area contributed by atoms with Crippen LogP contribution in [0.25, 0.3) is 0 Å². The van der Waals surface area contributed by atoms with Gasteiger partial charge in [-0.05, 0) is 49.9 Å². The molecule has 0 aromatic rings. The van der Waals surface area contributed by atoms with Gasteiger partial charge in [-0.1, -0.05) is 54.4 Å². The monoisotopic (exact) mass is 566 g/mol. The number of Topliss-reactive ketones (excluding diaryl/α,β-unsaturated/α-hetero) is 1. The molecule has 0 aromatic carbocycles. The summed E-state index contributed by atoms with van der Waals surface area (Å²) in [7, 11) is 1.49. The van der Waals surface area contributed by atoms with E-state index >= 15 is 0 Å². The summed E-state index contributed by atoms with van der Waals surface area (Å²) in [5.41, 5.74) is -1.57. The van der Waals surface area contributed by atoms with Gasteiger partial charge in [-0.3, -0.25) is 19.2 Å². The number of ketones is 1. The summed E-state index contributed by atoms with van der Waals surface area (Å²) >= 11 is 0. The first-order valence-corrected chi connectivity index (χ1v) is 14.3. The Morgan fingerprint density at radius 1 is 1.02 bits per heavy atom. The zero-order valence-electron chi connectivity index (χ0n) is 25.9. The fourth-order valence-electron chi connectivity index (χ4n) is 5.50. The van der Waals surface area contributed by atoms with E-state index in [-0.39, 0.29) is 36.3 Å². The van der Waals surface area contributed by atoms with Gasteiger partial charge in [0.25, 0.3) is 5.91 Å². The van der Waals surface area contributed by atoms with Crippen molar-refractivity contribution in [2.24, 2.45) is 22.7 Å². The van der Waals surface area contributed by atoms with E-state index < -0.39 is 52.8 Å². The standard InChI is InChI=1S/C29H50N4O7/c1-11-12-13-18(21(34)24(36)30-14-15-39-10)31-23(35)20-19-17(29(19,8)9)16-33(20)25(37)22(27(2,3)4)32-26(38)40-28(5,6)7/h17-20,22H,11-16H2,1-10H3,(H,30,36)(H,31,35)(H,32,38)/t17-,18-,19-,20-,22+/m0/s1. The van der Waals surface area contributed by atoms with Gasteiger partial charge in [0, 0.05) is 20.2 Å². The van der Waals surface area contributed by atoms with Crippen molar-refractivity contribution in [1.29, 1.82) is 0 Å². The molecular formula is C29H50N4O7. The highest BCUT2D eigenvalue weighted by Gasteiger charge is 2.70. The highest BCUT2D eigenvalue weighted by molar-refractivity contribution is 6.38. The average molecular weight is 567 g/mol. The number of alkyl carbamates (subject to hydrolysis) is 1. The Morgan fingerprint density at radius 3 is 2.17 bits per heavy atom. The Hall–Kier alpha value is -2.69. The molecule has 0 bridgehead atoms. The maximum Gasteiger partial charge on any atom is 0.408 e. The van der Waals surface area contributed by atoms with E-state index in [1.54, 1.807) is 20.8 Å². The number of nitrogens with zero attached hydrogens (tertiary/aromatic N) is 1. The fourth-order valence-corrected chi connectivity index (χ4v) is 5.50. The van der Waals surface area contributed by atoms with Gasteiger partial charge in [0.05, 0.1) is 12.6 Å². The van der Waals surface area contributed by atoms with Gasteiger partial charge in [-0.15, -0.1) is 0 Å². The number of unbranched alkanes of at least 4 members (excludes halogenated alkanes) is 1. The first kappa shape index (κ1) is 33.5. The molecule has 0 aromatic heterocycles. The molecule has 0 spiro atoms. The third-order valence-electron chi connectivity index (χ3n) is 7.83. The third-order valence-corrected chi connectivity index (χ3v) is 7.83. The third kappa shape index (κ3) is 8.17. The number of ether oxygens (including phenoxy) is 2. The molecule has 11 heteroatoms. The lowest BCUT2D eigenvalue weighted by atomic mass is 9.85. The van der Waals surface area contributed by atoms with Crippen LogP contribution in [0.15, 0.2) is 0 Å². The summed E-state index contributed by atoms with van der Waals surface area (Å²) in [4.78, 5) is 67.4. The van der Waals surface area contributed by atoms with Crippen LogP contribution in [0.1, 0.15) is 81.6 Å². The van der Waals surface area contributed by atoms with Crippen molar-refractivity contribution in [2.45, 2.75) is 105 Å². The molecule has 40 heavy (non-hydrogen) atoms. The molecule has 5 atom stereocenters.